The molecule has 0 atom stereocenters. The lowest BCUT2D eigenvalue weighted by atomic mass is 10.0. The Hall–Kier alpha value is -1.04. The van der Waals surface area contributed by atoms with Crippen LogP contribution >= 0.6 is 12.6 Å². The maximum Gasteiger partial charge on any atom is 0.224 e. The molecular weight excluding hydrogens is 238 g/mol. The minimum atomic E-state index is -0.972. The largest absolute Gasteiger partial charge is 0.394 e. The van der Waals surface area contributed by atoms with Gasteiger partial charge in [0.25, 0.3) is 0 Å². The van der Waals surface area contributed by atoms with Gasteiger partial charge in [0, 0.05) is 4.90 Å². The lowest BCUT2D eigenvalue weighted by Crippen LogP contribution is -2.52. The Morgan fingerprint density at radius 3 is 2.29 bits per heavy atom. The highest BCUT2D eigenvalue weighted by Gasteiger charge is 2.24. The number of aliphatic hydroxyl groups excluding tert-OH is 2. The first kappa shape index (κ1) is 14.0. The van der Waals surface area contributed by atoms with Crippen molar-refractivity contribution in [2.24, 2.45) is 0 Å². The summed E-state index contributed by atoms with van der Waals surface area (Å²) in [6.45, 7) is 0.983. The van der Waals surface area contributed by atoms with Gasteiger partial charge in [-0.3, -0.25) is 4.79 Å². The van der Waals surface area contributed by atoms with Crippen LogP contribution in [0.25, 0.3) is 0 Å². The van der Waals surface area contributed by atoms with Crippen molar-refractivity contribution in [2.45, 2.75) is 23.8 Å². The molecule has 0 spiro atoms. The summed E-state index contributed by atoms with van der Waals surface area (Å²) in [6, 6.07) is 7.25. The smallest absolute Gasteiger partial charge is 0.224 e. The van der Waals surface area contributed by atoms with Crippen LogP contribution in [-0.2, 0) is 11.2 Å². The third-order valence-electron chi connectivity index (χ3n) is 2.44. The van der Waals surface area contributed by atoms with Gasteiger partial charge in [-0.25, -0.2) is 0 Å². The van der Waals surface area contributed by atoms with E-state index in [0.717, 1.165) is 10.5 Å². The van der Waals surface area contributed by atoms with E-state index in [9.17, 15) is 4.79 Å². The minimum Gasteiger partial charge on any atom is -0.394 e. The molecule has 0 radical (unpaired) electrons. The summed E-state index contributed by atoms with van der Waals surface area (Å²) < 4.78 is 0. The van der Waals surface area contributed by atoms with Crippen molar-refractivity contribution in [1.82, 2.24) is 5.32 Å². The van der Waals surface area contributed by atoms with E-state index < -0.39 is 5.54 Å². The number of benzene rings is 1. The summed E-state index contributed by atoms with van der Waals surface area (Å²) in [7, 11) is 0. The maximum absolute atomic E-state index is 11.7. The second-order valence-electron chi connectivity index (χ2n) is 4.27. The molecule has 1 aromatic rings. The van der Waals surface area contributed by atoms with Crippen LogP contribution in [0.4, 0.5) is 0 Å². The van der Waals surface area contributed by atoms with Gasteiger partial charge in [-0.15, -0.1) is 12.6 Å². The Kier molecular flexibility index (Phi) is 4.99. The van der Waals surface area contributed by atoms with Crippen molar-refractivity contribution < 1.29 is 15.0 Å². The first-order valence-corrected chi connectivity index (χ1v) is 5.74. The molecule has 1 amide bonds. The molecule has 0 aromatic heterocycles. The number of hydrogen-bond acceptors (Lipinski definition) is 4. The number of amides is 1. The second kappa shape index (κ2) is 6.05. The summed E-state index contributed by atoms with van der Waals surface area (Å²) in [6.07, 6.45) is 0.212. The first-order valence-electron chi connectivity index (χ1n) is 5.30. The van der Waals surface area contributed by atoms with Crippen LogP contribution in [-0.4, -0.2) is 34.9 Å². The summed E-state index contributed by atoms with van der Waals surface area (Å²) >= 11 is 4.15. The molecule has 0 heterocycles. The number of nitrogens with one attached hydrogen (secondary N) is 1. The molecule has 0 aliphatic heterocycles. The average Bonchev–Trinajstić information content (AvgIpc) is 2.32. The van der Waals surface area contributed by atoms with Crippen molar-refractivity contribution in [3.8, 4) is 0 Å². The Morgan fingerprint density at radius 1 is 1.29 bits per heavy atom. The van der Waals surface area contributed by atoms with Crippen molar-refractivity contribution in [3.63, 3.8) is 0 Å². The van der Waals surface area contributed by atoms with E-state index in [1.165, 1.54) is 0 Å². The Labute approximate surface area is 106 Å². The predicted octanol–water partition coefficient (Wildman–Crippen LogP) is 0.377. The minimum absolute atomic E-state index is 0.212. The number of rotatable bonds is 5. The molecule has 0 saturated carbocycles. The van der Waals surface area contributed by atoms with Gasteiger partial charge < -0.3 is 15.5 Å². The monoisotopic (exact) mass is 255 g/mol. The molecule has 94 valence electrons. The van der Waals surface area contributed by atoms with E-state index in [0.29, 0.717) is 0 Å². The van der Waals surface area contributed by atoms with Crippen LogP contribution in [0.2, 0.25) is 0 Å². The van der Waals surface area contributed by atoms with Gasteiger partial charge in [0.2, 0.25) is 5.91 Å². The Morgan fingerprint density at radius 2 is 1.82 bits per heavy atom. The summed E-state index contributed by atoms with van der Waals surface area (Å²) in [4.78, 5) is 12.5. The summed E-state index contributed by atoms with van der Waals surface area (Å²) in [5.41, 5.74) is -0.112. The summed E-state index contributed by atoms with van der Waals surface area (Å²) in [5, 5.41) is 20.7. The van der Waals surface area contributed by atoms with E-state index in [-0.39, 0.29) is 25.5 Å². The van der Waals surface area contributed by atoms with E-state index in [1.54, 1.807) is 6.92 Å². The van der Waals surface area contributed by atoms with Crippen LogP contribution in [0.3, 0.4) is 0 Å². The van der Waals surface area contributed by atoms with Gasteiger partial charge in [-0.2, -0.15) is 0 Å². The third kappa shape index (κ3) is 4.38. The van der Waals surface area contributed by atoms with Crippen molar-refractivity contribution in [1.29, 1.82) is 0 Å². The molecule has 0 unspecified atom stereocenters. The fourth-order valence-electron chi connectivity index (χ4n) is 1.31. The van der Waals surface area contributed by atoms with Crippen molar-refractivity contribution in [3.05, 3.63) is 29.8 Å². The SMILES string of the molecule is CC(CO)(CO)NC(=O)Cc1ccc(S)cc1. The molecule has 0 aliphatic carbocycles. The molecule has 17 heavy (non-hydrogen) atoms. The molecular formula is C12H17NO3S. The highest BCUT2D eigenvalue weighted by Crippen LogP contribution is 2.09. The molecule has 5 heteroatoms. The van der Waals surface area contributed by atoms with Crippen molar-refractivity contribution in [2.75, 3.05) is 13.2 Å². The molecule has 0 fully saturated rings. The van der Waals surface area contributed by atoms with E-state index >= 15 is 0 Å². The normalized spacial score (nSPS) is 11.3. The van der Waals surface area contributed by atoms with Crippen LogP contribution in [0.15, 0.2) is 29.2 Å². The predicted molar refractivity (Wildman–Crippen MR) is 68.1 cm³/mol. The van der Waals surface area contributed by atoms with E-state index in [4.69, 9.17) is 10.2 Å². The zero-order valence-electron chi connectivity index (χ0n) is 9.68. The highest BCUT2D eigenvalue weighted by atomic mass is 32.1. The Balaban J connectivity index is 2.58. The third-order valence-corrected chi connectivity index (χ3v) is 2.74. The van der Waals surface area contributed by atoms with Gasteiger partial charge in [0.05, 0.1) is 25.2 Å². The number of hydrogen-bond donors (Lipinski definition) is 4. The molecule has 4 nitrogen and oxygen atoms in total. The van der Waals surface area contributed by atoms with Crippen LogP contribution in [0.5, 0.6) is 0 Å². The van der Waals surface area contributed by atoms with Crippen LogP contribution in [0, 0.1) is 0 Å². The lowest BCUT2D eigenvalue weighted by Gasteiger charge is -2.26. The zero-order valence-corrected chi connectivity index (χ0v) is 10.6. The Bertz CT molecular complexity index is 374. The number of aliphatic hydroxyl groups is 2. The highest BCUT2D eigenvalue weighted by molar-refractivity contribution is 7.80. The molecule has 0 bridgehead atoms. The fraction of sp³-hybridized carbons (Fsp3) is 0.417. The van der Waals surface area contributed by atoms with Gasteiger partial charge in [-0.05, 0) is 24.6 Å². The average molecular weight is 255 g/mol. The first-order chi connectivity index (χ1) is 7.99. The van der Waals surface area contributed by atoms with Gasteiger partial charge in [-0.1, -0.05) is 12.1 Å². The zero-order chi connectivity index (χ0) is 12.9. The number of thiol groups is 1. The topological polar surface area (TPSA) is 69.6 Å². The summed E-state index contributed by atoms with van der Waals surface area (Å²) in [5.74, 6) is -0.234. The molecule has 0 aliphatic rings. The van der Waals surface area contributed by atoms with Gasteiger partial charge >= 0.3 is 0 Å². The number of carbonyl (C=O) groups excluding carboxylic acids is 1. The number of carbonyl (C=O) groups is 1. The second-order valence-corrected chi connectivity index (χ2v) is 4.78. The van der Waals surface area contributed by atoms with Gasteiger partial charge in [0.1, 0.15) is 0 Å². The van der Waals surface area contributed by atoms with Crippen molar-refractivity contribution >= 4 is 18.5 Å². The van der Waals surface area contributed by atoms with E-state index in [1.807, 2.05) is 24.3 Å². The quantitative estimate of drug-likeness (QED) is 0.575. The van der Waals surface area contributed by atoms with Gasteiger partial charge in [0.15, 0.2) is 0 Å². The fourth-order valence-corrected chi connectivity index (χ4v) is 1.46. The molecule has 1 rings (SSSR count). The maximum atomic E-state index is 11.7. The molecule has 0 saturated heterocycles. The van der Waals surface area contributed by atoms with Crippen LogP contribution < -0.4 is 5.32 Å². The molecule has 3 N–H and O–H groups in total. The lowest BCUT2D eigenvalue weighted by molar-refractivity contribution is -0.123. The van der Waals surface area contributed by atoms with Crippen LogP contribution in [0.1, 0.15) is 12.5 Å². The van der Waals surface area contributed by atoms with E-state index in [2.05, 4.69) is 17.9 Å². The molecule has 1 aromatic carbocycles. The standard InChI is InChI=1S/C12H17NO3S/c1-12(7-14,8-15)13-11(16)6-9-2-4-10(17)5-3-9/h2-5,14-15,17H,6-8H2,1H3,(H,13,16).